The number of nitro groups is 1. The van der Waals surface area contributed by atoms with E-state index in [0.29, 0.717) is 41.4 Å². The molecule has 0 aliphatic carbocycles. The molecule has 0 radical (unpaired) electrons. The Hall–Kier alpha value is -2.69. The molecule has 0 atom stereocenters. The fraction of sp³-hybridized carbons (Fsp3) is 0.435. The van der Waals surface area contributed by atoms with Crippen molar-refractivity contribution in [2.45, 2.75) is 47.7 Å². The number of methoxy groups -OCH3 is 2. The van der Waals surface area contributed by atoms with Gasteiger partial charge in [-0.25, -0.2) is 9.18 Å². The lowest BCUT2D eigenvalue weighted by atomic mass is 9.86. The zero-order chi connectivity index (χ0) is 24.2. The van der Waals surface area contributed by atoms with Crippen LogP contribution in [-0.2, 0) is 24.6 Å². The summed E-state index contributed by atoms with van der Waals surface area (Å²) >= 11 is 1.22. The van der Waals surface area contributed by atoms with Crippen molar-refractivity contribution < 1.29 is 33.1 Å². The Kier molecular flexibility index (Phi) is 7.61. The highest BCUT2D eigenvalue weighted by Gasteiger charge is 2.36. The molecule has 0 unspecified atom stereocenters. The Morgan fingerprint density at radius 1 is 1.15 bits per heavy atom. The normalized spacial score (nSPS) is 15.7. The van der Waals surface area contributed by atoms with Crippen LogP contribution in [0.5, 0.6) is 5.75 Å². The van der Waals surface area contributed by atoms with Crippen LogP contribution in [0.1, 0.15) is 32.3 Å². The molecule has 0 bridgehead atoms. The summed E-state index contributed by atoms with van der Waals surface area (Å²) in [5, 5.41) is 11.5. The number of benzene rings is 2. The molecule has 0 amide bonds. The van der Waals surface area contributed by atoms with Crippen molar-refractivity contribution in [2.24, 2.45) is 0 Å². The average Bonchev–Trinajstić information content (AvgIpc) is 2.78. The molecule has 8 nitrogen and oxygen atoms in total. The predicted molar refractivity (Wildman–Crippen MR) is 119 cm³/mol. The number of carbonyl (C=O) groups excluding carboxylic acids is 1. The van der Waals surface area contributed by atoms with Crippen molar-refractivity contribution in [1.29, 1.82) is 0 Å². The van der Waals surface area contributed by atoms with Crippen LogP contribution >= 0.6 is 11.8 Å². The van der Waals surface area contributed by atoms with Gasteiger partial charge in [0.1, 0.15) is 5.82 Å². The first-order valence-corrected chi connectivity index (χ1v) is 11.1. The third-order valence-electron chi connectivity index (χ3n) is 5.49. The molecular weight excluding hydrogens is 453 g/mol. The zero-order valence-electron chi connectivity index (χ0n) is 18.9. The summed E-state index contributed by atoms with van der Waals surface area (Å²) < 4.78 is 36.1. The maximum atomic E-state index is 14.5. The molecule has 10 heteroatoms. The number of hydrogen-bond donors (Lipinski definition) is 0. The van der Waals surface area contributed by atoms with Crippen molar-refractivity contribution in [1.82, 2.24) is 0 Å². The predicted octanol–water partition coefficient (Wildman–Crippen LogP) is 4.87. The Balaban J connectivity index is 1.94. The second kappa shape index (κ2) is 10.1. The first-order chi connectivity index (χ1) is 15.6. The smallest absolute Gasteiger partial charge is 0.349 e. The third-order valence-corrected chi connectivity index (χ3v) is 6.46. The number of ether oxygens (including phenoxy) is 4. The lowest BCUT2D eigenvalue weighted by molar-refractivity contribution is -0.386. The number of rotatable bonds is 8. The van der Waals surface area contributed by atoms with Crippen LogP contribution in [0, 0.1) is 15.9 Å². The molecule has 0 saturated carbocycles. The molecule has 0 N–H and O–H groups in total. The Labute approximate surface area is 195 Å². The van der Waals surface area contributed by atoms with Crippen LogP contribution in [0.25, 0.3) is 0 Å². The Bertz CT molecular complexity index is 1040. The minimum Gasteiger partial charge on any atom is -0.469 e. The highest BCUT2D eigenvalue weighted by atomic mass is 32.2. The summed E-state index contributed by atoms with van der Waals surface area (Å²) in [5.74, 6) is -1.18. The number of esters is 1. The second-order valence-corrected chi connectivity index (χ2v) is 9.23. The van der Waals surface area contributed by atoms with E-state index in [1.54, 1.807) is 13.2 Å². The van der Waals surface area contributed by atoms with Gasteiger partial charge in [0.2, 0.25) is 5.60 Å². The number of hydrogen-bond acceptors (Lipinski definition) is 8. The van der Waals surface area contributed by atoms with Gasteiger partial charge in [-0.3, -0.25) is 10.1 Å². The lowest BCUT2D eigenvalue weighted by Gasteiger charge is -2.36. The van der Waals surface area contributed by atoms with Crippen molar-refractivity contribution in [3.8, 4) is 5.75 Å². The lowest BCUT2D eigenvalue weighted by Crippen LogP contribution is -2.39. The summed E-state index contributed by atoms with van der Waals surface area (Å²) in [5.41, 5.74) is -1.66. The quantitative estimate of drug-likeness (QED) is 0.301. The van der Waals surface area contributed by atoms with Gasteiger partial charge in [-0.1, -0.05) is 11.8 Å². The van der Waals surface area contributed by atoms with Gasteiger partial charge in [0, 0.05) is 55.1 Å². The van der Waals surface area contributed by atoms with Crippen LogP contribution in [-0.4, -0.2) is 43.9 Å². The van der Waals surface area contributed by atoms with Gasteiger partial charge in [0.15, 0.2) is 5.75 Å². The number of nitrogens with zero attached hydrogens (tertiary/aromatic N) is 1. The molecule has 1 heterocycles. The summed E-state index contributed by atoms with van der Waals surface area (Å²) in [7, 11) is 2.81. The fourth-order valence-corrected chi connectivity index (χ4v) is 4.62. The topological polar surface area (TPSA) is 97.1 Å². The average molecular weight is 480 g/mol. The van der Waals surface area contributed by atoms with E-state index < -0.39 is 27.9 Å². The maximum absolute atomic E-state index is 14.5. The summed E-state index contributed by atoms with van der Waals surface area (Å²) in [6.07, 6.45) is 1.21. The van der Waals surface area contributed by atoms with Crippen molar-refractivity contribution in [2.75, 3.05) is 27.4 Å². The first-order valence-electron chi connectivity index (χ1n) is 10.3. The van der Waals surface area contributed by atoms with E-state index in [-0.39, 0.29) is 11.4 Å². The molecular formula is C23H26FNO7S. The van der Waals surface area contributed by atoms with Crippen LogP contribution in [0.2, 0.25) is 0 Å². The zero-order valence-corrected chi connectivity index (χ0v) is 19.7. The van der Waals surface area contributed by atoms with Crippen molar-refractivity contribution >= 4 is 23.4 Å². The molecule has 1 aliphatic rings. The Morgan fingerprint density at radius 3 is 2.45 bits per heavy atom. The summed E-state index contributed by atoms with van der Waals surface area (Å²) in [4.78, 5) is 24.1. The van der Waals surface area contributed by atoms with E-state index in [1.807, 2.05) is 6.07 Å². The van der Waals surface area contributed by atoms with E-state index in [0.717, 1.165) is 0 Å². The van der Waals surface area contributed by atoms with Crippen LogP contribution in [0.15, 0.2) is 46.2 Å². The minimum atomic E-state index is -1.44. The van der Waals surface area contributed by atoms with Gasteiger partial charge >= 0.3 is 11.7 Å². The molecule has 1 fully saturated rings. The van der Waals surface area contributed by atoms with E-state index in [2.05, 4.69) is 0 Å². The minimum absolute atomic E-state index is 0.0881. The molecule has 1 aliphatic heterocycles. The van der Waals surface area contributed by atoms with Gasteiger partial charge in [0.05, 0.1) is 17.6 Å². The van der Waals surface area contributed by atoms with Crippen molar-refractivity contribution in [3.63, 3.8) is 0 Å². The molecule has 2 aromatic carbocycles. The number of halogens is 1. The maximum Gasteiger partial charge on any atom is 0.349 e. The molecule has 178 valence electrons. The van der Waals surface area contributed by atoms with Crippen molar-refractivity contribution in [3.05, 3.63) is 57.9 Å². The SMILES string of the molecule is COC(=O)C(C)(C)Oc1cc(Sc2cc(F)cc(C3(OC)CCOCC3)c2)ccc1[N+](=O)[O-]. The largest absolute Gasteiger partial charge is 0.469 e. The number of carbonyl (C=O) groups is 1. The van der Waals surface area contributed by atoms with E-state index >= 15 is 0 Å². The number of nitro benzene ring substituents is 1. The van der Waals surface area contributed by atoms with Crippen LogP contribution < -0.4 is 4.74 Å². The molecule has 0 aromatic heterocycles. The highest BCUT2D eigenvalue weighted by molar-refractivity contribution is 7.99. The van der Waals surface area contributed by atoms with Gasteiger partial charge in [-0.15, -0.1) is 0 Å². The first kappa shape index (κ1) is 24.9. The third kappa shape index (κ3) is 5.63. The molecule has 3 rings (SSSR count). The molecule has 0 spiro atoms. The van der Waals surface area contributed by atoms with Gasteiger partial charge in [0.25, 0.3) is 0 Å². The van der Waals surface area contributed by atoms with Gasteiger partial charge < -0.3 is 18.9 Å². The van der Waals surface area contributed by atoms with Gasteiger partial charge in [-0.2, -0.15) is 0 Å². The van der Waals surface area contributed by atoms with Gasteiger partial charge in [-0.05, 0) is 43.7 Å². The Morgan fingerprint density at radius 2 is 1.85 bits per heavy atom. The second-order valence-electron chi connectivity index (χ2n) is 8.08. The molecule has 33 heavy (non-hydrogen) atoms. The van der Waals surface area contributed by atoms with E-state index in [4.69, 9.17) is 18.9 Å². The van der Waals surface area contributed by atoms with E-state index in [9.17, 15) is 19.3 Å². The summed E-state index contributed by atoms with van der Waals surface area (Å²) in [6.45, 7) is 3.95. The fourth-order valence-electron chi connectivity index (χ4n) is 3.69. The molecule has 1 saturated heterocycles. The van der Waals surface area contributed by atoms with Crippen LogP contribution in [0.4, 0.5) is 10.1 Å². The standard InChI is InChI=1S/C23H26FNO7S/c1-22(2,21(26)29-3)32-20-14-17(5-6-19(20)25(27)28)33-18-12-15(11-16(24)13-18)23(30-4)7-9-31-10-8-23/h5-6,11-14H,7-10H2,1-4H3. The monoisotopic (exact) mass is 479 g/mol. The van der Waals surface area contributed by atoms with Crippen LogP contribution in [0.3, 0.4) is 0 Å². The van der Waals surface area contributed by atoms with E-state index in [1.165, 1.54) is 57.0 Å². The molecule has 2 aromatic rings. The summed E-state index contributed by atoms with van der Waals surface area (Å²) in [6, 6.07) is 8.99. The highest BCUT2D eigenvalue weighted by Crippen LogP contribution is 2.41.